The summed E-state index contributed by atoms with van der Waals surface area (Å²) < 4.78 is 5.31. The number of allylic oxidation sites excluding steroid dienone is 1. The molecular weight excluding hydrogens is 274 g/mol. The van der Waals surface area contributed by atoms with Crippen molar-refractivity contribution in [3.05, 3.63) is 76.9 Å². The summed E-state index contributed by atoms with van der Waals surface area (Å²) in [6.45, 7) is 2.34. The molecule has 0 heterocycles. The second-order valence-electron chi connectivity index (χ2n) is 5.50. The van der Waals surface area contributed by atoms with E-state index in [1.54, 1.807) is 0 Å². The first kappa shape index (κ1) is 14.4. The van der Waals surface area contributed by atoms with E-state index in [0.717, 1.165) is 29.7 Å². The Morgan fingerprint density at radius 3 is 2.59 bits per heavy atom. The predicted molar refractivity (Wildman–Crippen MR) is 87.1 cm³/mol. The lowest BCUT2D eigenvalue weighted by Crippen LogP contribution is -2.25. The minimum absolute atomic E-state index is 0.278. The van der Waals surface area contributed by atoms with E-state index < -0.39 is 6.09 Å². The van der Waals surface area contributed by atoms with Crippen molar-refractivity contribution in [1.29, 1.82) is 0 Å². The fraction of sp³-hybridized carbons (Fsp3) is 0.211. The number of benzene rings is 2. The number of hydrogen-bond acceptors (Lipinski definition) is 2. The SMILES string of the molecule is CC1=C(NC(=O)OCc2ccccc2)c2ccccc2CC1. The van der Waals surface area contributed by atoms with E-state index in [2.05, 4.69) is 18.3 Å². The lowest BCUT2D eigenvalue weighted by Gasteiger charge is -2.22. The van der Waals surface area contributed by atoms with Gasteiger partial charge in [0, 0.05) is 5.56 Å². The molecule has 0 atom stereocenters. The van der Waals surface area contributed by atoms with Crippen LogP contribution in [0.3, 0.4) is 0 Å². The average Bonchev–Trinajstić information content (AvgIpc) is 2.56. The highest BCUT2D eigenvalue weighted by Gasteiger charge is 2.18. The molecule has 3 rings (SSSR count). The molecule has 0 spiro atoms. The van der Waals surface area contributed by atoms with Gasteiger partial charge in [-0.25, -0.2) is 4.79 Å². The van der Waals surface area contributed by atoms with E-state index >= 15 is 0 Å². The summed E-state index contributed by atoms with van der Waals surface area (Å²) in [6.07, 6.45) is 1.58. The molecule has 2 aromatic rings. The van der Waals surface area contributed by atoms with Gasteiger partial charge < -0.3 is 4.74 Å². The van der Waals surface area contributed by atoms with Crippen LogP contribution in [-0.4, -0.2) is 6.09 Å². The zero-order chi connectivity index (χ0) is 15.4. The van der Waals surface area contributed by atoms with Gasteiger partial charge in [0.1, 0.15) is 6.61 Å². The van der Waals surface area contributed by atoms with Gasteiger partial charge in [-0.3, -0.25) is 5.32 Å². The molecule has 1 N–H and O–H groups in total. The normalized spacial score (nSPS) is 13.5. The van der Waals surface area contributed by atoms with Crippen LogP contribution in [0.4, 0.5) is 4.79 Å². The number of amides is 1. The van der Waals surface area contributed by atoms with E-state index in [4.69, 9.17) is 4.74 Å². The number of ether oxygens (including phenoxy) is 1. The maximum Gasteiger partial charge on any atom is 0.411 e. The summed E-state index contributed by atoms with van der Waals surface area (Å²) in [7, 11) is 0. The summed E-state index contributed by atoms with van der Waals surface area (Å²) in [6, 6.07) is 17.9. The quantitative estimate of drug-likeness (QED) is 0.916. The third-order valence-corrected chi connectivity index (χ3v) is 3.92. The molecule has 1 aliphatic rings. The van der Waals surface area contributed by atoms with Crippen LogP contribution in [0.15, 0.2) is 60.2 Å². The second kappa shape index (κ2) is 6.48. The summed E-state index contributed by atoms with van der Waals surface area (Å²) in [5.41, 5.74) is 5.43. The van der Waals surface area contributed by atoms with Crippen molar-refractivity contribution in [3.63, 3.8) is 0 Å². The van der Waals surface area contributed by atoms with Crippen LogP contribution in [0.25, 0.3) is 5.70 Å². The summed E-state index contributed by atoms with van der Waals surface area (Å²) in [5, 5.41) is 2.91. The lowest BCUT2D eigenvalue weighted by molar-refractivity contribution is 0.144. The number of hydrogen-bond donors (Lipinski definition) is 1. The van der Waals surface area contributed by atoms with Crippen molar-refractivity contribution < 1.29 is 9.53 Å². The van der Waals surface area contributed by atoms with Crippen molar-refractivity contribution in [2.24, 2.45) is 0 Å². The molecule has 3 heteroatoms. The minimum Gasteiger partial charge on any atom is -0.444 e. The van der Waals surface area contributed by atoms with Crippen molar-refractivity contribution in [2.75, 3.05) is 0 Å². The Morgan fingerprint density at radius 2 is 1.77 bits per heavy atom. The van der Waals surface area contributed by atoms with E-state index in [1.807, 2.05) is 48.5 Å². The summed E-state index contributed by atoms with van der Waals surface area (Å²) >= 11 is 0. The maximum atomic E-state index is 12.1. The molecule has 3 nitrogen and oxygen atoms in total. The van der Waals surface area contributed by atoms with Crippen LogP contribution in [0, 0.1) is 0 Å². The monoisotopic (exact) mass is 293 g/mol. The smallest absolute Gasteiger partial charge is 0.411 e. The molecule has 1 amide bonds. The fourth-order valence-electron chi connectivity index (χ4n) is 2.69. The Hall–Kier alpha value is -2.55. The fourth-order valence-corrected chi connectivity index (χ4v) is 2.69. The zero-order valence-corrected chi connectivity index (χ0v) is 12.6. The van der Waals surface area contributed by atoms with E-state index in [1.165, 1.54) is 11.1 Å². The molecule has 0 saturated heterocycles. The molecule has 0 aliphatic heterocycles. The molecule has 2 aromatic carbocycles. The van der Waals surface area contributed by atoms with Crippen LogP contribution in [0.2, 0.25) is 0 Å². The van der Waals surface area contributed by atoms with Crippen molar-refractivity contribution in [1.82, 2.24) is 5.32 Å². The number of nitrogens with one attached hydrogen (secondary N) is 1. The van der Waals surface area contributed by atoms with Gasteiger partial charge in [0.2, 0.25) is 0 Å². The van der Waals surface area contributed by atoms with E-state index in [0.29, 0.717) is 0 Å². The molecule has 0 saturated carbocycles. The Morgan fingerprint density at radius 1 is 1.05 bits per heavy atom. The molecule has 0 radical (unpaired) electrons. The third kappa shape index (κ3) is 3.19. The van der Waals surface area contributed by atoms with Crippen LogP contribution in [0.5, 0.6) is 0 Å². The van der Waals surface area contributed by atoms with Gasteiger partial charge in [0.15, 0.2) is 0 Å². The molecule has 0 unspecified atom stereocenters. The summed E-state index contributed by atoms with van der Waals surface area (Å²) in [4.78, 5) is 12.1. The Labute approximate surface area is 130 Å². The van der Waals surface area contributed by atoms with Crippen LogP contribution in [-0.2, 0) is 17.8 Å². The number of carbonyl (C=O) groups excluding carboxylic acids is 1. The first-order valence-electron chi connectivity index (χ1n) is 7.50. The van der Waals surface area contributed by atoms with Gasteiger partial charge >= 0.3 is 6.09 Å². The highest BCUT2D eigenvalue weighted by atomic mass is 16.5. The Balaban J connectivity index is 1.68. The standard InChI is InChI=1S/C19H19NO2/c1-14-11-12-16-9-5-6-10-17(16)18(14)20-19(21)22-13-15-7-3-2-4-8-15/h2-10H,11-13H2,1H3,(H,20,21). The zero-order valence-electron chi connectivity index (χ0n) is 12.6. The largest absolute Gasteiger partial charge is 0.444 e. The van der Waals surface area contributed by atoms with Crippen LogP contribution >= 0.6 is 0 Å². The molecule has 0 aromatic heterocycles. The van der Waals surface area contributed by atoms with Gasteiger partial charge in [-0.05, 0) is 36.5 Å². The average molecular weight is 293 g/mol. The third-order valence-electron chi connectivity index (χ3n) is 3.92. The van der Waals surface area contributed by atoms with E-state index in [9.17, 15) is 4.79 Å². The second-order valence-corrected chi connectivity index (χ2v) is 5.50. The van der Waals surface area contributed by atoms with Gasteiger partial charge in [0.05, 0.1) is 5.70 Å². The van der Waals surface area contributed by atoms with Gasteiger partial charge in [-0.1, -0.05) is 54.6 Å². The highest BCUT2D eigenvalue weighted by molar-refractivity contribution is 5.84. The first-order chi connectivity index (χ1) is 10.7. The molecule has 22 heavy (non-hydrogen) atoms. The summed E-state index contributed by atoms with van der Waals surface area (Å²) in [5.74, 6) is 0. The number of aryl methyl sites for hydroxylation is 1. The Kier molecular flexibility index (Phi) is 4.24. The van der Waals surface area contributed by atoms with Crippen LogP contribution in [0.1, 0.15) is 30.0 Å². The Bertz CT molecular complexity index is 704. The molecule has 112 valence electrons. The molecule has 0 bridgehead atoms. The first-order valence-corrected chi connectivity index (χ1v) is 7.50. The molecular formula is C19H19NO2. The highest BCUT2D eigenvalue weighted by Crippen LogP contribution is 2.29. The van der Waals surface area contributed by atoms with Crippen molar-refractivity contribution >= 4 is 11.8 Å². The molecule has 1 aliphatic carbocycles. The van der Waals surface area contributed by atoms with Gasteiger partial charge in [0.25, 0.3) is 0 Å². The minimum atomic E-state index is -0.407. The number of carbonyl (C=O) groups is 1. The maximum absolute atomic E-state index is 12.1. The number of rotatable bonds is 3. The van der Waals surface area contributed by atoms with Gasteiger partial charge in [-0.2, -0.15) is 0 Å². The van der Waals surface area contributed by atoms with E-state index in [-0.39, 0.29) is 6.61 Å². The molecule has 0 fully saturated rings. The number of fused-ring (bicyclic) bond motifs is 1. The predicted octanol–water partition coefficient (Wildman–Crippen LogP) is 4.29. The van der Waals surface area contributed by atoms with Gasteiger partial charge in [-0.15, -0.1) is 0 Å². The van der Waals surface area contributed by atoms with Crippen LogP contribution < -0.4 is 5.32 Å². The topological polar surface area (TPSA) is 38.3 Å². The number of alkyl carbamates (subject to hydrolysis) is 1. The van der Waals surface area contributed by atoms with Crippen molar-refractivity contribution in [3.8, 4) is 0 Å². The lowest BCUT2D eigenvalue weighted by atomic mass is 9.90. The van der Waals surface area contributed by atoms with Crippen molar-refractivity contribution in [2.45, 2.75) is 26.4 Å².